The fourth-order valence-corrected chi connectivity index (χ4v) is 4.42. The molecule has 2 aliphatic rings. The number of amides is 2. The quantitative estimate of drug-likeness (QED) is 0.707. The number of hydrogen-bond acceptors (Lipinski definition) is 5. The van der Waals surface area contributed by atoms with E-state index in [0.29, 0.717) is 17.1 Å². The predicted molar refractivity (Wildman–Crippen MR) is 118 cm³/mol. The van der Waals surface area contributed by atoms with Crippen molar-refractivity contribution in [3.8, 4) is 5.75 Å². The van der Waals surface area contributed by atoms with Crippen molar-refractivity contribution in [1.29, 1.82) is 0 Å². The molecule has 0 spiro atoms. The predicted octanol–water partition coefficient (Wildman–Crippen LogP) is 4.13. The van der Waals surface area contributed by atoms with Gasteiger partial charge in [0.05, 0.1) is 12.8 Å². The third-order valence-corrected chi connectivity index (χ3v) is 6.12. The number of carbonyl (C=O) groups is 2. The van der Waals surface area contributed by atoms with E-state index in [9.17, 15) is 9.59 Å². The van der Waals surface area contributed by atoms with Crippen molar-refractivity contribution in [2.75, 3.05) is 7.11 Å². The average Bonchev–Trinajstić information content (AvgIpc) is 3.15. The van der Waals surface area contributed by atoms with Gasteiger partial charge in [0.2, 0.25) is 0 Å². The lowest BCUT2D eigenvalue weighted by molar-refractivity contribution is 0.0896. The molecule has 2 aliphatic carbocycles. The highest BCUT2D eigenvalue weighted by Crippen LogP contribution is 2.30. The average molecular weight is 424 g/mol. The fourth-order valence-electron chi connectivity index (χ4n) is 4.42. The third kappa shape index (κ3) is 4.65. The summed E-state index contributed by atoms with van der Waals surface area (Å²) in [6, 6.07) is 7.07. The number of carbonyl (C=O) groups excluding carboxylic acids is 2. The molecule has 0 bridgehead atoms. The molecule has 0 aliphatic heterocycles. The topological polar surface area (TPSA) is 92.9 Å². The number of methoxy groups -OCH3 is 1. The molecule has 1 aromatic carbocycles. The highest BCUT2D eigenvalue weighted by atomic mass is 16.5. The number of ether oxygens (including phenoxy) is 1. The summed E-state index contributed by atoms with van der Waals surface area (Å²) in [5.74, 6) is 1.38. The molecule has 1 aromatic heterocycles. The van der Waals surface area contributed by atoms with E-state index in [1.54, 1.807) is 31.4 Å². The van der Waals surface area contributed by atoms with Crippen molar-refractivity contribution in [3.05, 3.63) is 52.5 Å². The van der Waals surface area contributed by atoms with Crippen LogP contribution in [-0.4, -0.2) is 30.7 Å². The van der Waals surface area contributed by atoms with E-state index in [-0.39, 0.29) is 17.9 Å². The summed E-state index contributed by atoms with van der Waals surface area (Å²) in [6.45, 7) is 1.89. The molecule has 1 heterocycles. The highest BCUT2D eigenvalue weighted by molar-refractivity contribution is 6.07. The minimum absolute atomic E-state index is 0.152. The van der Waals surface area contributed by atoms with Gasteiger partial charge in [-0.25, -0.2) is 5.43 Å². The van der Waals surface area contributed by atoms with Gasteiger partial charge in [0, 0.05) is 29.2 Å². The Labute approximate surface area is 182 Å². The molecule has 7 nitrogen and oxygen atoms in total. The van der Waals surface area contributed by atoms with Crippen molar-refractivity contribution in [3.63, 3.8) is 0 Å². The second kappa shape index (κ2) is 9.37. The molecule has 4 rings (SSSR count). The van der Waals surface area contributed by atoms with Gasteiger partial charge in [0.25, 0.3) is 11.8 Å². The van der Waals surface area contributed by atoms with E-state index in [2.05, 4.69) is 15.8 Å². The second-order valence-corrected chi connectivity index (χ2v) is 8.24. The number of nitrogens with one attached hydrogen (secondary N) is 2. The van der Waals surface area contributed by atoms with Crippen LogP contribution >= 0.6 is 0 Å². The second-order valence-electron chi connectivity index (χ2n) is 8.24. The molecule has 1 saturated carbocycles. The molecule has 7 heteroatoms. The van der Waals surface area contributed by atoms with Crippen molar-refractivity contribution in [2.24, 2.45) is 5.10 Å². The summed E-state index contributed by atoms with van der Waals surface area (Å²) < 4.78 is 11.1. The molecule has 2 N–H and O–H groups in total. The first-order chi connectivity index (χ1) is 15.1. The van der Waals surface area contributed by atoms with Crippen LogP contribution in [-0.2, 0) is 6.42 Å². The van der Waals surface area contributed by atoms with Gasteiger partial charge in [-0.2, -0.15) is 5.10 Å². The van der Waals surface area contributed by atoms with Gasteiger partial charge in [-0.15, -0.1) is 0 Å². The maximum absolute atomic E-state index is 12.8. The Bertz CT molecular complexity index is 985. The van der Waals surface area contributed by atoms with Crippen LogP contribution in [0.3, 0.4) is 0 Å². The Morgan fingerprint density at radius 1 is 1.03 bits per heavy atom. The van der Waals surface area contributed by atoms with Gasteiger partial charge >= 0.3 is 0 Å². The lowest BCUT2D eigenvalue weighted by Crippen LogP contribution is -2.36. The van der Waals surface area contributed by atoms with E-state index in [1.165, 1.54) is 6.42 Å². The lowest BCUT2D eigenvalue weighted by Gasteiger charge is -2.22. The summed E-state index contributed by atoms with van der Waals surface area (Å²) in [6.07, 6.45) is 7.94. The first-order valence-electron chi connectivity index (χ1n) is 11.0. The monoisotopic (exact) mass is 423 g/mol. The van der Waals surface area contributed by atoms with Crippen LogP contribution in [0.15, 0.2) is 33.8 Å². The van der Waals surface area contributed by atoms with Crippen LogP contribution in [0.4, 0.5) is 0 Å². The van der Waals surface area contributed by atoms with Crippen LogP contribution in [0.25, 0.3) is 0 Å². The van der Waals surface area contributed by atoms with Crippen LogP contribution in [0, 0.1) is 6.92 Å². The van der Waals surface area contributed by atoms with Gasteiger partial charge in [-0.1, -0.05) is 19.3 Å². The van der Waals surface area contributed by atoms with Gasteiger partial charge in [0.1, 0.15) is 11.5 Å². The van der Waals surface area contributed by atoms with E-state index >= 15 is 0 Å². The number of aryl methyl sites for hydroxylation is 1. The van der Waals surface area contributed by atoms with E-state index < -0.39 is 0 Å². The summed E-state index contributed by atoms with van der Waals surface area (Å²) >= 11 is 0. The fraction of sp³-hybridized carbons (Fsp3) is 0.458. The van der Waals surface area contributed by atoms with Crippen molar-refractivity contribution in [2.45, 2.75) is 64.3 Å². The SMILES string of the molecule is COc1ccc(C(=O)N/N=C2\CCCc3oc(C(=O)NC4CCCCC4)c(C)c32)cc1. The normalized spacial score (nSPS) is 17.8. The van der Waals surface area contributed by atoms with Crippen molar-refractivity contribution >= 4 is 17.5 Å². The van der Waals surface area contributed by atoms with Gasteiger partial charge in [0.15, 0.2) is 5.76 Å². The van der Waals surface area contributed by atoms with Crippen LogP contribution in [0.1, 0.15) is 82.7 Å². The number of hydrogen-bond donors (Lipinski definition) is 2. The number of furan rings is 1. The Morgan fingerprint density at radius 3 is 2.48 bits per heavy atom. The molecule has 0 unspecified atom stereocenters. The maximum Gasteiger partial charge on any atom is 0.287 e. The maximum atomic E-state index is 12.8. The highest BCUT2D eigenvalue weighted by Gasteiger charge is 2.29. The molecule has 2 aromatic rings. The first-order valence-corrected chi connectivity index (χ1v) is 11.0. The summed E-state index contributed by atoms with van der Waals surface area (Å²) in [4.78, 5) is 25.3. The minimum Gasteiger partial charge on any atom is -0.497 e. The Balaban J connectivity index is 1.50. The van der Waals surface area contributed by atoms with Gasteiger partial charge < -0.3 is 14.5 Å². The van der Waals surface area contributed by atoms with E-state index in [1.807, 2.05) is 6.92 Å². The zero-order valence-electron chi connectivity index (χ0n) is 18.1. The summed E-state index contributed by atoms with van der Waals surface area (Å²) in [7, 11) is 1.58. The Kier molecular flexibility index (Phi) is 6.39. The molecule has 0 saturated heterocycles. The summed E-state index contributed by atoms with van der Waals surface area (Å²) in [5.41, 5.74) is 5.54. The number of nitrogens with zero attached hydrogens (tertiary/aromatic N) is 1. The number of rotatable bonds is 5. The summed E-state index contributed by atoms with van der Waals surface area (Å²) in [5, 5.41) is 7.52. The van der Waals surface area contributed by atoms with Gasteiger partial charge in [-0.05, 0) is 56.9 Å². The first kappa shape index (κ1) is 21.2. The minimum atomic E-state index is -0.293. The molecule has 2 amide bonds. The Morgan fingerprint density at radius 2 is 1.77 bits per heavy atom. The molecular formula is C24H29N3O4. The van der Waals surface area contributed by atoms with Gasteiger partial charge in [-0.3, -0.25) is 9.59 Å². The number of benzene rings is 1. The van der Waals surface area contributed by atoms with Crippen LogP contribution in [0.2, 0.25) is 0 Å². The molecule has 0 atom stereocenters. The van der Waals surface area contributed by atoms with Crippen molar-refractivity contribution < 1.29 is 18.7 Å². The van der Waals surface area contributed by atoms with E-state index in [0.717, 1.165) is 67.5 Å². The number of hydrazone groups is 1. The standard InChI is InChI=1S/C24H29N3O4/c1-15-21-19(26-27-23(28)16-11-13-18(30-2)14-12-16)9-6-10-20(21)31-22(15)24(29)25-17-7-4-3-5-8-17/h11-14,17H,3-10H2,1-2H3,(H,25,29)(H,27,28)/b26-19+. The largest absolute Gasteiger partial charge is 0.497 e. The zero-order valence-corrected chi connectivity index (χ0v) is 18.1. The van der Waals surface area contributed by atoms with E-state index in [4.69, 9.17) is 9.15 Å². The third-order valence-electron chi connectivity index (χ3n) is 6.12. The van der Waals surface area contributed by atoms with Crippen LogP contribution in [0.5, 0.6) is 5.75 Å². The number of fused-ring (bicyclic) bond motifs is 1. The molecule has 0 radical (unpaired) electrons. The smallest absolute Gasteiger partial charge is 0.287 e. The van der Waals surface area contributed by atoms with Crippen molar-refractivity contribution in [1.82, 2.24) is 10.7 Å². The van der Waals surface area contributed by atoms with Crippen LogP contribution < -0.4 is 15.5 Å². The molecule has 31 heavy (non-hydrogen) atoms. The molecular weight excluding hydrogens is 394 g/mol. The molecule has 1 fully saturated rings. The zero-order chi connectivity index (χ0) is 21.8. The molecule has 164 valence electrons. The lowest BCUT2D eigenvalue weighted by atomic mass is 9.93. The Hall–Kier alpha value is -3.09.